The first-order valence-electron chi connectivity index (χ1n) is 16.4. The Morgan fingerprint density at radius 2 is 1.75 bits per heavy atom. The van der Waals surface area contributed by atoms with Gasteiger partial charge < -0.3 is 24.0 Å². The van der Waals surface area contributed by atoms with Gasteiger partial charge in [-0.2, -0.15) is 9.29 Å². The highest BCUT2D eigenvalue weighted by atomic mass is 32.2. The lowest BCUT2D eigenvalue weighted by Gasteiger charge is -2.36. The number of hydrogen-bond donors (Lipinski definition) is 1. The van der Waals surface area contributed by atoms with Crippen LogP contribution in [0.3, 0.4) is 0 Å². The summed E-state index contributed by atoms with van der Waals surface area (Å²) in [6, 6.07) is 9.67. The average Bonchev–Trinajstić information content (AvgIpc) is 3.55. The lowest BCUT2D eigenvalue weighted by atomic mass is 10.0. The van der Waals surface area contributed by atoms with E-state index < -0.39 is 43.6 Å². The summed E-state index contributed by atoms with van der Waals surface area (Å²) < 4.78 is 38.7. The summed E-state index contributed by atoms with van der Waals surface area (Å²) in [7, 11) is -1.36. The second-order valence-corrected chi connectivity index (χ2v) is 14.3. The summed E-state index contributed by atoms with van der Waals surface area (Å²) >= 11 is 0. The van der Waals surface area contributed by atoms with Crippen molar-refractivity contribution in [3.8, 4) is 11.4 Å². The van der Waals surface area contributed by atoms with Crippen LogP contribution in [0, 0.1) is 24.0 Å². The van der Waals surface area contributed by atoms with Crippen LogP contribution in [0.4, 0.5) is 16.2 Å². The summed E-state index contributed by atoms with van der Waals surface area (Å²) in [6.45, 7) is 6.92. The normalized spacial score (nSPS) is 13.8. The van der Waals surface area contributed by atoms with E-state index in [0.29, 0.717) is 54.5 Å². The van der Waals surface area contributed by atoms with Gasteiger partial charge in [-0.05, 0) is 51.3 Å². The van der Waals surface area contributed by atoms with Gasteiger partial charge in [0.25, 0.3) is 5.69 Å². The number of rotatable bonds is 14. The standard InChI is InChI=1S/C33H44N8O9S/c1-22(2)40(51(47,48)29-10-8-7-9-27(29)41(45)46)18-17-39(28-19-25(12-11-23(28)3)32-35-24(4)50-36-32)31(43)21-34-20-30(42)37(5)26-13-15-38(16-14-26)33(44)49-6/h7-12,19,22,26,34H,13-18,20-21H2,1-6H3. The number of carbonyl (C=O) groups excluding carboxylic acids is 3. The molecule has 0 radical (unpaired) electrons. The first kappa shape index (κ1) is 38.9. The van der Waals surface area contributed by atoms with E-state index in [1.165, 1.54) is 30.2 Å². The van der Waals surface area contributed by atoms with Crippen molar-refractivity contribution in [1.82, 2.24) is 29.6 Å². The number of piperidine rings is 1. The molecule has 18 heteroatoms. The van der Waals surface area contributed by atoms with E-state index in [1.807, 2.05) is 0 Å². The molecule has 0 bridgehead atoms. The number of hydrogen-bond acceptors (Lipinski definition) is 12. The van der Waals surface area contributed by atoms with Gasteiger partial charge in [0.1, 0.15) is 0 Å². The van der Waals surface area contributed by atoms with E-state index in [1.54, 1.807) is 62.7 Å². The number of ether oxygens (including phenoxy) is 1. The lowest BCUT2D eigenvalue weighted by Crippen LogP contribution is -2.50. The molecule has 0 saturated carbocycles. The van der Waals surface area contributed by atoms with Crippen LogP contribution in [0.1, 0.15) is 38.1 Å². The number of likely N-dealkylation sites (N-methyl/N-ethyl adjacent to an activating group) is 1. The summed E-state index contributed by atoms with van der Waals surface area (Å²) in [5, 5.41) is 18.6. The third-order valence-electron chi connectivity index (χ3n) is 8.75. The van der Waals surface area contributed by atoms with Crippen LogP contribution >= 0.6 is 0 Å². The van der Waals surface area contributed by atoms with Crippen LogP contribution in [0.25, 0.3) is 11.4 Å². The smallest absolute Gasteiger partial charge is 0.409 e. The molecule has 1 aliphatic rings. The zero-order valence-electron chi connectivity index (χ0n) is 29.6. The highest BCUT2D eigenvalue weighted by Crippen LogP contribution is 2.30. The maximum Gasteiger partial charge on any atom is 0.409 e. The van der Waals surface area contributed by atoms with Crippen molar-refractivity contribution in [2.45, 2.75) is 57.5 Å². The van der Waals surface area contributed by atoms with Crippen molar-refractivity contribution in [2.24, 2.45) is 0 Å². The molecule has 1 aromatic heterocycles. The SMILES string of the molecule is COC(=O)N1CCC(N(C)C(=O)CNCC(=O)N(CCN(C(C)C)S(=O)(=O)c2ccccc2[N+](=O)[O-])c2cc(-c3noc(C)n3)ccc2C)CC1. The minimum absolute atomic E-state index is 0.0871. The van der Waals surface area contributed by atoms with Gasteiger partial charge >= 0.3 is 6.09 Å². The number of nitro benzene ring substituents is 1. The van der Waals surface area contributed by atoms with Crippen molar-refractivity contribution < 1.29 is 37.0 Å². The Hall–Kier alpha value is -4.94. The minimum atomic E-state index is -4.37. The van der Waals surface area contributed by atoms with Gasteiger partial charge in [-0.15, -0.1) is 0 Å². The predicted octanol–water partition coefficient (Wildman–Crippen LogP) is 2.97. The molecule has 2 aromatic carbocycles. The second kappa shape index (κ2) is 16.8. The van der Waals surface area contributed by atoms with Gasteiger partial charge in [0.05, 0.1) is 25.1 Å². The Labute approximate surface area is 296 Å². The topological polar surface area (TPSA) is 202 Å². The van der Waals surface area contributed by atoms with Crippen LogP contribution in [0.15, 0.2) is 51.9 Å². The Bertz CT molecular complexity index is 1840. The molecule has 3 amide bonds. The second-order valence-electron chi connectivity index (χ2n) is 12.4. The summed E-state index contributed by atoms with van der Waals surface area (Å²) in [6.07, 6.45) is 0.762. The molecule has 1 aliphatic heterocycles. The minimum Gasteiger partial charge on any atom is -0.453 e. The molecule has 0 aliphatic carbocycles. The quantitative estimate of drug-likeness (QED) is 0.188. The molecule has 1 saturated heterocycles. The molecule has 0 unspecified atom stereocenters. The maximum atomic E-state index is 14.0. The highest BCUT2D eigenvalue weighted by molar-refractivity contribution is 7.89. The first-order chi connectivity index (χ1) is 24.1. The number of nitrogens with zero attached hydrogens (tertiary/aromatic N) is 7. The molecule has 17 nitrogen and oxygen atoms in total. The average molecular weight is 729 g/mol. The monoisotopic (exact) mass is 728 g/mol. The van der Waals surface area contributed by atoms with E-state index >= 15 is 0 Å². The number of carbonyl (C=O) groups is 3. The van der Waals surface area contributed by atoms with Gasteiger partial charge in [-0.1, -0.05) is 29.4 Å². The number of amides is 3. The number of methoxy groups -OCH3 is 1. The molecule has 1 fully saturated rings. The predicted molar refractivity (Wildman–Crippen MR) is 186 cm³/mol. The Balaban J connectivity index is 1.55. The third kappa shape index (κ3) is 9.25. The molecule has 0 atom stereocenters. The molecule has 4 rings (SSSR count). The van der Waals surface area contributed by atoms with Crippen LogP contribution in [-0.4, -0.2) is 121 Å². The number of nitro groups is 1. The van der Waals surface area contributed by atoms with Gasteiger partial charge in [0.15, 0.2) is 4.90 Å². The largest absolute Gasteiger partial charge is 0.453 e. The number of sulfonamides is 1. The molecule has 51 heavy (non-hydrogen) atoms. The van der Waals surface area contributed by atoms with Crippen LogP contribution < -0.4 is 10.2 Å². The number of para-hydroxylation sites is 1. The van der Waals surface area contributed by atoms with Crippen molar-refractivity contribution in [3.05, 3.63) is 64.0 Å². The van der Waals surface area contributed by atoms with Crippen molar-refractivity contribution in [3.63, 3.8) is 0 Å². The molecular weight excluding hydrogens is 684 g/mol. The number of aromatic nitrogens is 2. The highest BCUT2D eigenvalue weighted by Gasteiger charge is 2.34. The maximum absolute atomic E-state index is 14.0. The fourth-order valence-electron chi connectivity index (χ4n) is 5.91. The van der Waals surface area contributed by atoms with Crippen molar-refractivity contribution in [2.75, 3.05) is 58.3 Å². The van der Waals surface area contributed by atoms with Crippen molar-refractivity contribution >= 4 is 39.3 Å². The van der Waals surface area contributed by atoms with Crippen LogP contribution in [0.2, 0.25) is 0 Å². The van der Waals surface area contributed by atoms with Crippen molar-refractivity contribution in [1.29, 1.82) is 0 Å². The number of anilines is 1. The zero-order chi connectivity index (χ0) is 37.5. The summed E-state index contributed by atoms with van der Waals surface area (Å²) in [5.41, 5.74) is 1.15. The number of benzene rings is 2. The van der Waals surface area contributed by atoms with Crippen LogP contribution in [0.5, 0.6) is 0 Å². The molecule has 276 valence electrons. The molecule has 3 aromatic rings. The Morgan fingerprint density at radius 1 is 1.08 bits per heavy atom. The fraction of sp³-hybridized carbons (Fsp3) is 0.485. The summed E-state index contributed by atoms with van der Waals surface area (Å²) in [4.78, 5) is 58.3. The van der Waals surface area contributed by atoms with Gasteiger partial charge in [-0.3, -0.25) is 25.0 Å². The number of likely N-dealkylation sites (tertiary alicyclic amines) is 1. The van der Waals surface area contributed by atoms with E-state index in [9.17, 15) is 32.9 Å². The Kier molecular flexibility index (Phi) is 12.8. The molecular formula is C33H44N8O9S. The fourth-order valence-corrected chi connectivity index (χ4v) is 7.69. The van der Waals surface area contributed by atoms with E-state index in [4.69, 9.17) is 9.26 Å². The van der Waals surface area contributed by atoms with E-state index in [2.05, 4.69) is 15.5 Å². The van der Waals surface area contributed by atoms with Crippen LogP contribution in [-0.2, 0) is 24.3 Å². The molecule has 0 spiro atoms. The lowest BCUT2D eigenvalue weighted by molar-refractivity contribution is -0.387. The zero-order valence-corrected chi connectivity index (χ0v) is 30.4. The Morgan fingerprint density at radius 3 is 2.35 bits per heavy atom. The number of aryl methyl sites for hydroxylation is 2. The van der Waals surface area contributed by atoms with Gasteiger partial charge in [-0.25, -0.2) is 13.2 Å². The van der Waals surface area contributed by atoms with Gasteiger partial charge in [0, 0.05) is 69.6 Å². The third-order valence-corrected chi connectivity index (χ3v) is 10.9. The van der Waals surface area contributed by atoms with E-state index in [-0.39, 0.29) is 38.1 Å². The summed E-state index contributed by atoms with van der Waals surface area (Å²) in [5.74, 6) is -0.0416. The molecule has 2 heterocycles. The number of nitrogens with one attached hydrogen (secondary N) is 1. The first-order valence-corrected chi connectivity index (χ1v) is 17.9. The molecule has 1 N–H and O–H groups in total. The van der Waals surface area contributed by atoms with Gasteiger partial charge in [0.2, 0.25) is 33.6 Å². The van der Waals surface area contributed by atoms with E-state index in [0.717, 1.165) is 10.4 Å².